The Kier molecular flexibility index (Phi) is 4.71. The second-order valence-corrected chi connectivity index (χ2v) is 8.39. The molecule has 0 unspecified atom stereocenters. The van der Waals surface area contributed by atoms with E-state index in [4.69, 9.17) is 0 Å². The molecule has 3 rings (SSSR count). The highest BCUT2D eigenvalue weighted by atomic mass is 32.2. The van der Waals surface area contributed by atoms with Crippen molar-refractivity contribution >= 4 is 15.7 Å². The Morgan fingerprint density at radius 1 is 1.21 bits per heavy atom. The minimum Gasteiger partial charge on any atom is -0.348 e. The van der Waals surface area contributed by atoms with Crippen LogP contribution in [0.1, 0.15) is 40.0 Å². The monoisotopic (exact) mass is 347 g/mol. The molecule has 128 valence electrons. The van der Waals surface area contributed by atoms with E-state index in [1.807, 2.05) is 16.8 Å². The predicted molar refractivity (Wildman–Crippen MR) is 91.3 cm³/mol. The van der Waals surface area contributed by atoms with Gasteiger partial charge in [-0.1, -0.05) is 24.3 Å². The Labute approximate surface area is 141 Å². The van der Waals surface area contributed by atoms with Crippen molar-refractivity contribution in [3.8, 4) is 0 Å². The number of carbonyl (C=O) groups excluding carboxylic acids is 1. The average Bonchev–Trinajstić information content (AvgIpc) is 2.96. The molecule has 2 heterocycles. The molecule has 1 N–H and O–H groups in total. The molecule has 24 heavy (non-hydrogen) atoms. The van der Waals surface area contributed by atoms with Crippen molar-refractivity contribution < 1.29 is 13.2 Å². The van der Waals surface area contributed by atoms with Crippen molar-refractivity contribution in [1.29, 1.82) is 0 Å². The lowest BCUT2D eigenvalue weighted by Gasteiger charge is -2.14. The molecule has 0 bridgehead atoms. The number of rotatable bonds is 5. The molecule has 1 aromatic heterocycles. The average molecular weight is 347 g/mol. The lowest BCUT2D eigenvalue weighted by atomic mass is 10.1. The van der Waals surface area contributed by atoms with E-state index >= 15 is 0 Å². The summed E-state index contributed by atoms with van der Waals surface area (Å²) in [5.74, 6) is -0.0827. The van der Waals surface area contributed by atoms with Crippen LogP contribution in [-0.4, -0.2) is 30.4 Å². The molecule has 2 aromatic rings. The SMILES string of the molecule is CS(=O)(=O)Cc1ccc(CNC(=O)c2cnn3c2CCCC3)cc1. The number of hydrogen-bond acceptors (Lipinski definition) is 4. The van der Waals surface area contributed by atoms with Gasteiger partial charge >= 0.3 is 0 Å². The van der Waals surface area contributed by atoms with Crippen molar-refractivity contribution in [3.63, 3.8) is 0 Å². The van der Waals surface area contributed by atoms with E-state index in [2.05, 4.69) is 10.4 Å². The first-order chi connectivity index (χ1) is 11.4. The number of nitrogens with one attached hydrogen (secondary N) is 1. The fraction of sp³-hybridized carbons (Fsp3) is 0.412. The van der Waals surface area contributed by atoms with Gasteiger partial charge in [0.1, 0.15) is 0 Å². The molecule has 0 fully saturated rings. The van der Waals surface area contributed by atoms with E-state index in [9.17, 15) is 13.2 Å². The highest BCUT2D eigenvalue weighted by Crippen LogP contribution is 2.18. The van der Waals surface area contributed by atoms with Gasteiger partial charge in [0.15, 0.2) is 9.84 Å². The molecule has 1 aliphatic rings. The largest absolute Gasteiger partial charge is 0.348 e. The zero-order valence-electron chi connectivity index (χ0n) is 13.7. The summed E-state index contributed by atoms with van der Waals surface area (Å²) in [5, 5.41) is 7.19. The van der Waals surface area contributed by atoms with Gasteiger partial charge in [0, 0.05) is 19.3 Å². The Morgan fingerprint density at radius 3 is 2.62 bits per heavy atom. The van der Waals surface area contributed by atoms with Crippen LogP contribution in [0, 0.1) is 0 Å². The predicted octanol–water partition coefficient (Wildman–Crippen LogP) is 1.69. The van der Waals surface area contributed by atoms with E-state index in [0.29, 0.717) is 12.1 Å². The summed E-state index contributed by atoms with van der Waals surface area (Å²) >= 11 is 0. The van der Waals surface area contributed by atoms with Gasteiger partial charge in [-0.15, -0.1) is 0 Å². The van der Waals surface area contributed by atoms with Crippen LogP contribution < -0.4 is 5.32 Å². The van der Waals surface area contributed by atoms with Crippen LogP contribution in [0.5, 0.6) is 0 Å². The minimum atomic E-state index is -3.03. The summed E-state index contributed by atoms with van der Waals surface area (Å²) in [4.78, 5) is 12.4. The number of nitrogens with zero attached hydrogens (tertiary/aromatic N) is 2. The number of hydrogen-bond donors (Lipinski definition) is 1. The number of aromatic nitrogens is 2. The van der Waals surface area contributed by atoms with E-state index < -0.39 is 9.84 Å². The molecule has 0 atom stereocenters. The number of sulfone groups is 1. The van der Waals surface area contributed by atoms with E-state index in [1.54, 1.807) is 18.3 Å². The molecular formula is C17H21N3O3S. The standard InChI is InChI=1S/C17H21N3O3S/c1-24(22,23)12-14-7-5-13(6-8-14)10-18-17(21)15-11-19-20-9-3-2-4-16(15)20/h5-8,11H,2-4,9-10,12H2,1H3,(H,18,21). The maximum atomic E-state index is 12.4. The first kappa shape index (κ1) is 16.7. The first-order valence-electron chi connectivity index (χ1n) is 8.01. The lowest BCUT2D eigenvalue weighted by molar-refractivity contribution is 0.0949. The van der Waals surface area contributed by atoms with Gasteiger partial charge in [-0.3, -0.25) is 9.48 Å². The number of amides is 1. The van der Waals surface area contributed by atoms with Crippen molar-refractivity contribution in [1.82, 2.24) is 15.1 Å². The number of benzene rings is 1. The van der Waals surface area contributed by atoms with Gasteiger partial charge in [-0.25, -0.2) is 8.42 Å². The Bertz CT molecular complexity index is 838. The van der Waals surface area contributed by atoms with Crippen molar-refractivity contribution in [2.24, 2.45) is 0 Å². The summed E-state index contributed by atoms with van der Waals surface area (Å²) < 4.78 is 24.5. The fourth-order valence-electron chi connectivity index (χ4n) is 2.94. The zero-order valence-corrected chi connectivity index (χ0v) is 14.5. The van der Waals surface area contributed by atoms with Crippen molar-refractivity contribution in [2.75, 3.05) is 6.26 Å². The quantitative estimate of drug-likeness (QED) is 0.892. The molecular weight excluding hydrogens is 326 g/mol. The molecule has 0 aliphatic carbocycles. The second kappa shape index (κ2) is 6.76. The summed E-state index contributed by atoms with van der Waals surface area (Å²) in [6.45, 7) is 1.28. The Hall–Kier alpha value is -2.15. The van der Waals surface area contributed by atoms with Gasteiger partial charge in [0.05, 0.1) is 23.2 Å². The highest BCUT2D eigenvalue weighted by molar-refractivity contribution is 7.89. The van der Waals surface area contributed by atoms with Crippen LogP contribution in [-0.2, 0) is 35.1 Å². The maximum Gasteiger partial charge on any atom is 0.255 e. The van der Waals surface area contributed by atoms with Crippen LogP contribution in [0.2, 0.25) is 0 Å². The third kappa shape index (κ3) is 4.03. The summed E-state index contributed by atoms with van der Waals surface area (Å²) in [5.41, 5.74) is 3.35. The van der Waals surface area contributed by atoms with E-state index in [-0.39, 0.29) is 11.7 Å². The fourth-order valence-corrected chi connectivity index (χ4v) is 3.74. The molecule has 1 amide bonds. The first-order valence-corrected chi connectivity index (χ1v) is 10.1. The van der Waals surface area contributed by atoms with Gasteiger partial charge in [0.25, 0.3) is 5.91 Å². The normalized spacial score (nSPS) is 14.2. The van der Waals surface area contributed by atoms with E-state index in [1.165, 1.54) is 6.26 Å². The molecule has 1 aromatic carbocycles. The van der Waals surface area contributed by atoms with Crippen LogP contribution in [0.25, 0.3) is 0 Å². The Morgan fingerprint density at radius 2 is 1.92 bits per heavy atom. The van der Waals surface area contributed by atoms with Crippen LogP contribution in [0.15, 0.2) is 30.5 Å². The van der Waals surface area contributed by atoms with Gasteiger partial charge in [-0.05, 0) is 30.4 Å². The number of carbonyl (C=O) groups is 1. The molecule has 0 radical (unpaired) electrons. The molecule has 6 nitrogen and oxygen atoms in total. The summed E-state index contributed by atoms with van der Waals surface area (Å²) in [6, 6.07) is 7.25. The number of fused-ring (bicyclic) bond motifs is 1. The van der Waals surface area contributed by atoms with Crippen LogP contribution >= 0.6 is 0 Å². The van der Waals surface area contributed by atoms with Gasteiger partial charge in [-0.2, -0.15) is 5.10 Å². The summed E-state index contributed by atoms with van der Waals surface area (Å²) in [6.07, 6.45) is 5.95. The van der Waals surface area contributed by atoms with Crippen LogP contribution in [0.4, 0.5) is 0 Å². The minimum absolute atomic E-state index is 0.0299. The molecule has 7 heteroatoms. The third-order valence-electron chi connectivity index (χ3n) is 4.13. The zero-order chi connectivity index (χ0) is 17.2. The van der Waals surface area contributed by atoms with Crippen molar-refractivity contribution in [2.45, 2.75) is 38.1 Å². The lowest BCUT2D eigenvalue weighted by Crippen LogP contribution is -2.24. The smallest absolute Gasteiger partial charge is 0.255 e. The van der Waals surface area contributed by atoms with Gasteiger partial charge < -0.3 is 5.32 Å². The van der Waals surface area contributed by atoms with Crippen molar-refractivity contribution in [3.05, 3.63) is 52.8 Å². The Balaban J connectivity index is 1.61. The highest BCUT2D eigenvalue weighted by Gasteiger charge is 2.19. The molecule has 1 aliphatic heterocycles. The third-order valence-corrected chi connectivity index (χ3v) is 4.99. The van der Waals surface area contributed by atoms with Gasteiger partial charge in [0.2, 0.25) is 0 Å². The second-order valence-electron chi connectivity index (χ2n) is 6.25. The maximum absolute atomic E-state index is 12.4. The summed E-state index contributed by atoms with van der Waals surface area (Å²) in [7, 11) is -3.03. The topological polar surface area (TPSA) is 81.1 Å². The van der Waals surface area contributed by atoms with Crippen LogP contribution in [0.3, 0.4) is 0 Å². The molecule has 0 saturated heterocycles. The number of aryl methyl sites for hydroxylation is 1. The molecule has 0 spiro atoms. The molecule has 0 saturated carbocycles. The van der Waals surface area contributed by atoms with E-state index in [0.717, 1.165) is 42.6 Å².